The van der Waals surface area contributed by atoms with E-state index in [4.69, 9.17) is 0 Å². The summed E-state index contributed by atoms with van der Waals surface area (Å²) in [7, 11) is 0. The summed E-state index contributed by atoms with van der Waals surface area (Å²) in [6, 6.07) is 4.65. The highest BCUT2D eigenvalue weighted by Crippen LogP contribution is 2.34. The number of pyridine rings is 1. The first-order chi connectivity index (χ1) is 7.77. The van der Waals surface area contributed by atoms with E-state index in [1.165, 1.54) is 29.6 Å². The first kappa shape index (κ1) is 9.70. The Morgan fingerprint density at radius 2 is 2.31 bits per heavy atom. The van der Waals surface area contributed by atoms with Gasteiger partial charge in [-0.25, -0.2) is 4.98 Å². The van der Waals surface area contributed by atoms with E-state index in [1.807, 2.05) is 12.3 Å². The quantitative estimate of drug-likeness (QED) is 0.834. The zero-order valence-corrected chi connectivity index (χ0v) is 9.83. The summed E-state index contributed by atoms with van der Waals surface area (Å²) in [6.45, 7) is 5.48. The second-order valence-corrected chi connectivity index (χ2v) is 4.75. The van der Waals surface area contributed by atoms with Crippen LogP contribution in [0.4, 0.5) is 5.69 Å². The van der Waals surface area contributed by atoms with Crippen molar-refractivity contribution >= 4 is 16.7 Å². The highest BCUT2D eigenvalue weighted by Gasteiger charge is 2.21. The van der Waals surface area contributed by atoms with Gasteiger partial charge >= 0.3 is 0 Å². The number of anilines is 1. The lowest BCUT2D eigenvalue weighted by Gasteiger charge is -2.10. The molecule has 16 heavy (non-hydrogen) atoms. The Morgan fingerprint density at radius 3 is 3.12 bits per heavy atom. The number of hydrogen-bond acceptors (Lipinski definition) is 2. The Morgan fingerprint density at radius 1 is 1.44 bits per heavy atom. The van der Waals surface area contributed by atoms with Gasteiger partial charge < -0.3 is 9.88 Å². The standard InChI is InChI=1S/C13H17N3/c1-9(2)15-12-10-5-3-7-14-13(10)16-8-4-6-11(12)16/h3,5,7,9,15H,4,6,8H2,1-2H3. The zero-order chi connectivity index (χ0) is 11.1. The first-order valence-corrected chi connectivity index (χ1v) is 6.00. The van der Waals surface area contributed by atoms with Crippen LogP contribution in [-0.4, -0.2) is 15.6 Å². The molecule has 0 aliphatic carbocycles. The molecule has 1 aliphatic rings. The van der Waals surface area contributed by atoms with Crippen LogP contribution in [0.2, 0.25) is 0 Å². The Labute approximate surface area is 95.5 Å². The lowest BCUT2D eigenvalue weighted by Crippen LogP contribution is -2.10. The lowest BCUT2D eigenvalue weighted by atomic mass is 10.2. The fraction of sp³-hybridized carbons (Fsp3) is 0.462. The highest BCUT2D eigenvalue weighted by molar-refractivity contribution is 5.93. The van der Waals surface area contributed by atoms with Crippen LogP contribution in [0.1, 0.15) is 26.0 Å². The van der Waals surface area contributed by atoms with Gasteiger partial charge in [-0.15, -0.1) is 0 Å². The molecule has 1 aliphatic heterocycles. The SMILES string of the molecule is CC(C)Nc1c2n(c3ncccc13)CCC2. The van der Waals surface area contributed by atoms with Crippen molar-refractivity contribution in [2.24, 2.45) is 0 Å². The van der Waals surface area contributed by atoms with Crippen LogP contribution < -0.4 is 5.32 Å². The van der Waals surface area contributed by atoms with Gasteiger partial charge in [0, 0.05) is 29.9 Å². The minimum absolute atomic E-state index is 0.469. The molecule has 0 amide bonds. The number of nitrogens with zero attached hydrogens (tertiary/aromatic N) is 2. The molecule has 0 radical (unpaired) electrons. The largest absolute Gasteiger partial charge is 0.381 e. The summed E-state index contributed by atoms with van der Waals surface area (Å²) in [4.78, 5) is 4.50. The molecule has 0 atom stereocenters. The van der Waals surface area contributed by atoms with Gasteiger partial charge in [-0.1, -0.05) is 0 Å². The third-order valence-electron chi connectivity index (χ3n) is 3.15. The Balaban J connectivity index is 2.25. The molecule has 84 valence electrons. The summed E-state index contributed by atoms with van der Waals surface area (Å²) >= 11 is 0. The summed E-state index contributed by atoms with van der Waals surface area (Å²) in [5, 5.41) is 4.84. The summed E-state index contributed by atoms with van der Waals surface area (Å²) in [5.74, 6) is 0. The van der Waals surface area contributed by atoms with Crippen molar-refractivity contribution in [3.63, 3.8) is 0 Å². The lowest BCUT2D eigenvalue weighted by molar-refractivity contribution is 0.765. The molecule has 0 spiro atoms. The van der Waals surface area contributed by atoms with Gasteiger partial charge in [-0.05, 0) is 38.8 Å². The van der Waals surface area contributed by atoms with Crippen molar-refractivity contribution in [1.29, 1.82) is 0 Å². The molecule has 0 saturated heterocycles. The van der Waals surface area contributed by atoms with Crippen LogP contribution in [0.5, 0.6) is 0 Å². The summed E-state index contributed by atoms with van der Waals surface area (Å²) < 4.78 is 2.36. The van der Waals surface area contributed by atoms with Crippen molar-refractivity contribution in [2.45, 2.75) is 39.3 Å². The van der Waals surface area contributed by atoms with Gasteiger partial charge in [0.1, 0.15) is 5.65 Å². The van der Waals surface area contributed by atoms with E-state index in [2.05, 4.69) is 34.8 Å². The van der Waals surface area contributed by atoms with Crippen molar-refractivity contribution in [2.75, 3.05) is 5.32 Å². The molecule has 2 aromatic heterocycles. The molecule has 0 saturated carbocycles. The average Bonchev–Trinajstić information content (AvgIpc) is 2.82. The number of aryl methyl sites for hydroxylation is 1. The maximum absolute atomic E-state index is 4.50. The summed E-state index contributed by atoms with van der Waals surface area (Å²) in [5.41, 5.74) is 3.87. The van der Waals surface area contributed by atoms with Crippen LogP contribution in [0.3, 0.4) is 0 Å². The second kappa shape index (κ2) is 3.51. The van der Waals surface area contributed by atoms with E-state index in [0.717, 1.165) is 12.2 Å². The topological polar surface area (TPSA) is 29.9 Å². The number of nitrogens with one attached hydrogen (secondary N) is 1. The molecule has 0 aromatic carbocycles. The van der Waals surface area contributed by atoms with Crippen LogP contribution in [0, 0.1) is 0 Å². The smallest absolute Gasteiger partial charge is 0.142 e. The second-order valence-electron chi connectivity index (χ2n) is 4.75. The molecule has 2 aromatic rings. The van der Waals surface area contributed by atoms with Gasteiger partial charge in [0.2, 0.25) is 0 Å². The Kier molecular flexibility index (Phi) is 2.13. The predicted octanol–water partition coefficient (Wildman–Crippen LogP) is 2.80. The molecule has 1 N–H and O–H groups in total. The monoisotopic (exact) mass is 215 g/mol. The van der Waals surface area contributed by atoms with Crippen LogP contribution in [0.25, 0.3) is 11.0 Å². The van der Waals surface area contributed by atoms with Gasteiger partial charge in [0.25, 0.3) is 0 Å². The fourth-order valence-corrected chi connectivity index (χ4v) is 2.58. The number of fused-ring (bicyclic) bond motifs is 3. The molecular formula is C13H17N3. The highest BCUT2D eigenvalue weighted by atomic mass is 15.1. The molecule has 3 heteroatoms. The van der Waals surface area contributed by atoms with E-state index in [1.54, 1.807) is 0 Å². The number of rotatable bonds is 2. The van der Waals surface area contributed by atoms with E-state index in [0.29, 0.717) is 6.04 Å². The fourth-order valence-electron chi connectivity index (χ4n) is 2.58. The molecule has 3 nitrogen and oxygen atoms in total. The maximum atomic E-state index is 4.50. The minimum atomic E-state index is 0.469. The van der Waals surface area contributed by atoms with E-state index in [9.17, 15) is 0 Å². The predicted molar refractivity (Wildman–Crippen MR) is 66.8 cm³/mol. The molecule has 0 unspecified atom stereocenters. The Hall–Kier alpha value is -1.51. The molecule has 0 fully saturated rings. The normalized spacial score (nSPS) is 14.7. The minimum Gasteiger partial charge on any atom is -0.381 e. The first-order valence-electron chi connectivity index (χ1n) is 6.00. The molecule has 3 rings (SSSR count). The van der Waals surface area contributed by atoms with Gasteiger partial charge in [-0.3, -0.25) is 0 Å². The average molecular weight is 215 g/mol. The van der Waals surface area contributed by atoms with Gasteiger partial charge in [0.15, 0.2) is 0 Å². The van der Waals surface area contributed by atoms with Crippen molar-refractivity contribution in [1.82, 2.24) is 9.55 Å². The number of hydrogen-bond donors (Lipinski definition) is 1. The molecular weight excluding hydrogens is 198 g/mol. The van der Waals surface area contributed by atoms with E-state index in [-0.39, 0.29) is 0 Å². The maximum Gasteiger partial charge on any atom is 0.142 e. The third-order valence-corrected chi connectivity index (χ3v) is 3.15. The third kappa shape index (κ3) is 1.31. The van der Waals surface area contributed by atoms with E-state index < -0.39 is 0 Å². The van der Waals surface area contributed by atoms with E-state index >= 15 is 0 Å². The van der Waals surface area contributed by atoms with Crippen LogP contribution in [0.15, 0.2) is 18.3 Å². The van der Waals surface area contributed by atoms with Gasteiger partial charge in [0.05, 0.1) is 5.69 Å². The summed E-state index contributed by atoms with van der Waals surface area (Å²) in [6.07, 6.45) is 4.30. The molecule has 3 heterocycles. The van der Waals surface area contributed by atoms with Crippen molar-refractivity contribution < 1.29 is 0 Å². The van der Waals surface area contributed by atoms with Crippen molar-refractivity contribution in [3.8, 4) is 0 Å². The van der Waals surface area contributed by atoms with Crippen LogP contribution >= 0.6 is 0 Å². The number of aromatic nitrogens is 2. The zero-order valence-electron chi connectivity index (χ0n) is 9.83. The van der Waals surface area contributed by atoms with Gasteiger partial charge in [-0.2, -0.15) is 0 Å². The molecule has 0 bridgehead atoms. The van der Waals surface area contributed by atoms with Crippen molar-refractivity contribution in [3.05, 3.63) is 24.0 Å². The van der Waals surface area contributed by atoms with Crippen LogP contribution in [-0.2, 0) is 13.0 Å². The Bertz CT molecular complexity index is 525.